The molecule has 346 valence electrons. The number of H-pyrrole nitrogens is 5. The van der Waals surface area contributed by atoms with Gasteiger partial charge in [-0.1, -0.05) is 171 Å². The molecule has 0 fully saturated rings. The second-order valence-electron chi connectivity index (χ2n) is 18.8. The third-order valence-electron chi connectivity index (χ3n) is 14.2. The first-order valence-electron chi connectivity index (χ1n) is 24.6. The Balaban J connectivity index is 0.000000111. The maximum absolute atomic E-state index is 4.33. The molecule has 5 N–H and O–H groups in total. The van der Waals surface area contributed by atoms with Crippen LogP contribution in [-0.2, 0) is 0 Å². The second kappa shape index (κ2) is 18.9. The fourth-order valence-corrected chi connectivity index (χ4v) is 10.1. The molecule has 5 heterocycles. The number of hydrogen-bond acceptors (Lipinski definition) is 0. The first-order valence-corrected chi connectivity index (χ1v) is 24.6. The highest BCUT2D eigenvalue weighted by Gasteiger charge is 2.19. The third-order valence-corrected chi connectivity index (χ3v) is 14.2. The summed E-state index contributed by atoms with van der Waals surface area (Å²) in [6.07, 6.45) is 16.1. The molecule has 3 aliphatic carbocycles. The van der Waals surface area contributed by atoms with Crippen LogP contribution >= 0.6 is 0 Å². The van der Waals surface area contributed by atoms with E-state index in [9.17, 15) is 0 Å². The summed E-state index contributed by atoms with van der Waals surface area (Å²) in [5.74, 6) is 0. The molecule has 0 bridgehead atoms. The molecule has 0 aliphatic heterocycles. The number of aromatic nitrogens is 5. The molecule has 0 radical (unpaired) electrons. The molecular formula is C67H53N5. The molecule has 14 rings (SSSR count). The maximum atomic E-state index is 4.33. The fraction of sp³-hybridized carbons (Fsp3) is 0.0448. The molecule has 0 spiro atoms. The Bertz CT molecular complexity index is 3950. The van der Waals surface area contributed by atoms with Crippen molar-refractivity contribution < 1.29 is 0 Å². The van der Waals surface area contributed by atoms with E-state index in [0.29, 0.717) is 0 Å². The molecule has 72 heavy (non-hydrogen) atoms. The average molecular weight is 928 g/mol. The van der Waals surface area contributed by atoms with Crippen molar-refractivity contribution in [2.45, 2.75) is 19.3 Å². The van der Waals surface area contributed by atoms with Gasteiger partial charge in [-0.15, -0.1) is 0 Å². The summed E-state index contributed by atoms with van der Waals surface area (Å²) in [6.45, 7) is 12.9. The van der Waals surface area contributed by atoms with Crippen LogP contribution in [0.2, 0.25) is 0 Å². The Labute approximate surface area is 419 Å². The molecule has 5 aromatic heterocycles. The van der Waals surface area contributed by atoms with Gasteiger partial charge >= 0.3 is 0 Å². The summed E-state index contributed by atoms with van der Waals surface area (Å²) < 4.78 is 0. The number of benzene rings is 6. The van der Waals surface area contributed by atoms with Gasteiger partial charge in [0.2, 0.25) is 0 Å². The molecule has 0 amide bonds. The van der Waals surface area contributed by atoms with Crippen LogP contribution in [0, 0.1) is 0 Å². The van der Waals surface area contributed by atoms with Gasteiger partial charge in [-0.25, -0.2) is 0 Å². The lowest BCUT2D eigenvalue weighted by Gasteiger charge is -2.08. The molecule has 11 aromatic rings. The topological polar surface area (TPSA) is 78.9 Å². The lowest BCUT2D eigenvalue weighted by molar-refractivity contribution is 1.28. The van der Waals surface area contributed by atoms with Crippen LogP contribution in [0.5, 0.6) is 0 Å². The summed E-state index contributed by atoms with van der Waals surface area (Å²) in [5.41, 5.74) is 23.7. The quantitative estimate of drug-likeness (QED) is 0.0956. The smallest absolute Gasteiger partial charge is 0.0461 e. The molecule has 0 unspecified atom stereocenters. The molecule has 0 atom stereocenters. The normalized spacial score (nSPS) is 14.1. The van der Waals surface area contributed by atoms with E-state index in [4.69, 9.17) is 0 Å². The molecule has 0 saturated carbocycles. The van der Waals surface area contributed by atoms with Crippen LogP contribution in [0.25, 0.3) is 88.0 Å². The lowest BCUT2D eigenvalue weighted by atomic mass is 9.97. The van der Waals surface area contributed by atoms with Crippen molar-refractivity contribution in [1.29, 1.82) is 0 Å². The number of para-hydroxylation sites is 5. The standard InChI is InChI=1S/2C23H18N2.C21H17N/c2*1-15(22-13-17-6-2-4-8-20(17)24-22)16-10-11-19(12-16)23-14-18-7-3-5-9-21(18)25-23;1-15(16-7-3-2-4-8-16)17-11-12-19(13-17)21-14-18-9-5-6-10-20(18)22-21/h2-9,11-14,24-25H,1,10H2;2-11,13-14,24-25H,1,12H2;2-12,14,22H,1,13H2. The van der Waals surface area contributed by atoms with Crippen LogP contribution in [0.3, 0.4) is 0 Å². The zero-order chi connectivity index (χ0) is 48.5. The zero-order valence-corrected chi connectivity index (χ0v) is 40.0. The minimum atomic E-state index is 0.904. The predicted octanol–water partition coefficient (Wildman–Crippen LogP) is 17.7. The summed E-state index contributed by atoms with van der Waals surface area (Å²) in [5, 5.41) is 6.20. The Kier molecular flexibility index (Phi) is 11.5. The third kappa shape index (κ3) is 8.80. The Morgan fingerprint density at radius 1 is 0.347 bits per heavy atom. The molecule has 5 nitrogen and oxygen atoms in total. The molecule has 6 aromatic carbocycles. The van der Waals surface area contributed by atoms with Crippen molar-refractivity contribution >= 4 is 88.0 Å². The minimum absolute atomic E-state index is 0.904. The number of fused-ring (bicyclic) bond motifs is 5. The highest BCUT2D eigenvalue weighted by atomic mass is 14.7. The van der Waals surface area contributed by atoms with E-state index in [2.05, 4.69) is 257 Å². The number of aromatic amines is 5. The van der Waals surface area contributed by atoms with Gasteiger partial charge < -0.3 is 24.9 Å². The van der Waals surface area contributed by atoms with E-state index < -0.39 is 0 Å². The van der Waals surface area contributed by atoms with Crippen LogP contribution in [0.15, 0.2) is 255 Å². The largest absolute Gasteiger partial charge is 0.355 e. The van der Waals surface area contributed by atoms with Crippen LogP contribution in [0.4, 0.5) is 0 Å². The monoisotopic (exact) mass is 927 g/mol. The molecular weight excluding hydrogens is 875 g/mol. The summed E-state index contributed by atoms with van der Waals surface area (Å²) in [6, 6.07) is 63.3. The predicted molar refractivity (Wildman–Crippen MR) is 307 cm³/mol. The van der Waals surface area contributed by atoms with Gasteiger partial charge in [-0.3, -0.25) is 0 Å². The summed E-state index contributed by atoms with van der Waals surface area (Å²) in [7, 11) is 0. The van der Waals surface area contributed by atoms with E-state index in [1.165, 1.54) is 99.6 Å². The SMILES string of the molecule is C=C(C1=CC(c2cc3ccccc3[nH]2)=CC1)c1cc2ccccc2[nH]1.C=C(C1=CC=C(c2cc3ccccc3[nH]2)C1)c1cc2ccccc2[nH]1.C=C(C1=CC=C(c2cc3ccccc3[nH]2)C1)c1ccccc1. The van der Waals surface area contributed by atoms with Gasteiger partial charge in [0, 0.05) is 85.1 Å². The van der Waals surface area contributed by atoms with Crippen LogP contribution < -0.4 is 0 Å². The van der Waals surface area contributed by atoms with Gasteiger partial charge in [0.15, 0.2) is 0 Å². The van der Waals surface area contributed by atoms with Gasteiger partial charge in [-0.05, 0) is 140 Å². The van der Waals surface area contributed by atoms with Gasteiger partial charge in [0.1, 0.15) is 0 Å². The van der Waals surface area contributed by atoms with Crippen molar-refractivity contribution in [3.63, 3.8) is 0 Å². The van der Waals surface area contributed by atoms with E-state index in [0.717, 1.165) is 58.4 Å². The van der Waals surface area contributed by atoms with Gasteiger partial charge in [0.25, 0.3) is 0 Å². The van der Waals surface area contributed by atoms with E-state index in [1.807, 2.05) is 6.07 Å². The molecule has 5 heteroatoms. The lowest BCUT2D eigenvalue weighted by Crippen LogP contribution is -1.89. The molecule has 3 aliphatic rings. The Morgan fingerprint density at radius 3 is 1.18 bits per heavy atom. The van der Waals surface area contributed by atoms with E-state index >= 15 is 0 Å². The first-order chi connectivity index (χ1) is 35.4. The van der Waals surface area contributed by atoms with Crippen molar-refractivity contribution in [1.82, 2.24) is 24.9 Å². The summed E-state index contributed by atoms with van der Waals surface area (Å²) in [4.78, 5) is 17.5. The van der Waals surface area contributed by atoms with Crippen molar-refractivity contribution in [3.05, 3.63) is 289 Å². The Hall–Kier alpha value is -9.32. The van der Waals surface area contributed by atoms with Crippen molar-refractivity contribution in [2.75, 3.05) is 0 Å². The minimum Gasteiger partial charge on any atom is -0.355 e. The van der Waals surface area contributed by atoms with Crippen LogP contribution in [-0.4, -0.2) is 24.9 Å². The van der Waals surface area contributed by atoms with E-state index in [1.54, 1.807) is 0 Å². The van der Waals surface area contributed by atoms with Gasteiger partial charge in [-0.2, -0.15) is 0 Å². The van der Waals surface area contributed by atoms with Gasteiger partial charge in [0.05, 0.1) is 0 Å². The first kappa shape index (κ1) is 43.9. The highest BCUT2D eigenvalue weighted by Crippen LogP contribution is 2.39. The number of rotatable bonds is 9. The fourth-order valence-electron chi connectivity index (χ4n) is 10.1. The number of hydrogen-bond donors (Lipinski definition) is 5. The highest BCUT2D eigenvalue weighted by molar-refractivity contribution is 5.95. The second-order valence-corrected chi connectivity index (χ2v) is 18.8. The number of nitrogens with one attached hydrogen (secondary N) is 5. The average Bonchev–Trinajstić information content (AvgIpc) is 4.29. The van der Waals surface area contributed by atoms with Crippen molar-refractivity contribution in [3.8, 4) is 0 Å². The molecule has 0 saturated heterocycles. The number of allylic oxidation sites excluding steroid dienone is 15. The summed E-state index contributed by atoms with van der Waals surface area (Å²) >= 11 is 0. The zero-order valence-electron chi connectivity index (χ0n) is 40.0. The Morgan fingerprint density at radius 2 is 0.722 bits per heavy atom. The van der Waals surface area contributed by atoms with E-state index in [-0.39, 0.29) is 0 Å². The maximum Gasteiger partial charge on any atom is 0.0461 e. The van der Waals surface area contributed by atoms with Crippen molar-refractivity contribution in [2.24, 2.45) is 0 Å². The van der Waals surface area contributed by atoms with Crippen LogP contribution in [0.1, 0.15) is 53.3 Å².